The molecule has 3 aliphatic rings. The molecule has 2 atom stereocenters. The molecule has 0 aromatic heterocycles. The topological polar surface area (TPSA) is 84.4 Å². The van der Waals surface area contributed by atoms with Gasteiger partial charge in [-0.25, -0.2) is 0 Å². The van der Waals surface area contributed by atoms with Crippen LogP contribution in [0.1, 0.15) is 44.2 Å². The second-order valence-electron chi connectivity index (χ2n) is 9.09. The Morgan fingerprint density at radius 3 is 2.29 bits per heavy atom. The highest BCUT2D eigenvalue weighted by molar-refractivity contribution is 5.94. The smallest absolute Gasteiger partial charge is 0.224 e. The zero-order valence-corrected chi connectivity index (χ0v) is 18.6. The molecular formula is C26H34N4O. The van der Waals surface area contributed by atoms with Gasteiger partial charge in [-0.3, -0.25) is 4.79 Å². The Morgan fingerprint density at radius 1 is 1.06 bits per heavy atom. The Hall–Kier alpha value is -2.79. The van der Waals surface area contributed by atoms with Gasteiger partial charge in [-0.2, -0.15) is 0 Å². The highest BCUT2D eigenvalue weighted by Gasteiger charge is 2.43. The molecule has 1 aliphatic carbocycles. The summed E-state index contributed by atoms with van der Waals surface area (Å²) in [5, 5.41) is 3.37. The molecule has 0 unspecified atom stereocenters. The number of benzene rings is 2. The van der Waals surface area contributed by atoms with Crippen LogP contribution in [0.2, 0.25) is 0 Å². The van der Waals surface area contributed by atoms with Gasteiger partial charge >= 0.3 is 0 Å². The van der Waals surface area contributed by atoms with Gasteiger partial charge in [0, 0.05) is 36.6 Å². The number of fused-ring (bicyclic) bond motifs is 1. The number of anilines is 3. The minimum Gasteiger partial charge on any atom is -0.399 e. The predicted molar refractivity (Wildman–Crippen MR) is 130 cm³/mol. The van der Waals surface area contributed by atoms with Gasteiger partial charge in [0.25, 0.3) is 0 Å². The lowest BCUT2D eigenvalue weighted by Gasteiger charge is -2.41. The summed E-state index contributed by atoms with van der Waals surface area (Å²) in [5.74, 6) is 1.47. The van der Waals surface area contributed by atoms with E-state index in [1.165, 1.54) is 29.5 Å². The SMILES string of the molecule is CC(=O)N1c2ccc(C3=CCNCC3)cc2C[C@@H](C)[C@@H]1C1CC1.Nc1ccc(N)cc1. The first-order chi connectivity index (χ1) is 14.9. The number of hydrogen-bond donors (Lipinski definition) is 3. The Balaban J connectivity index is 0.000000245. The summed E-state index contributed by atoms with van der Waals surface area (Å²) in [5.41, 5.74) is 17.5. The fourth-order valence-electron chi connectivity index (χ4n) is 4.94. The third kappa shape index (κ3) is 4.93. The molecule has 0 saturated heterocycles. The number of carbonyl (C=O) groups is 1. The maximum Gasteiger partial charge on any atom is 0.224 e. The summed E-state index contributed by atoms with van der Waals surface area (Å²) in [4.78, 5) is 14.4. The summed E-state index contributed by atoms with van der Waals surface area (Å²) in [6, 6.07) is 14.2. The Kier molecular flexibility index (Phi) is 6.33. The van der Waals surface area contributed by atoms with E-state index in [4.69, 9.17) is 11.5 Å². The molecule has 5 N–H and O–H groups in total. The van der Waals surface area contributed by atoms with Crippen molar-refractivity contribution in [3.05, 3.63) is 59.7 Å². The van der Waals surface area contributed by atoms with E-state index < -0.39 is 0 Å². The molecule has 1 fully saturated rings. The number of amides is 1. The summed E-state index contributed by atoms with van der Waals surface area (Å²) in [7, 11) is 0. The van der Waals surface area contributed by atoms with Crippen LogP contribution in [0.25, 0.3) is 5.57 Å². The highest BCUT2D eigenvalue weighted by Crippen LogP contribution is 2.45. The van der Waals surface area contributed by atoms with Gasteiger partial charge in [-0.05, 0) is 97.2 Å². The van der Waals surface area contributed by atoms with Crippen molar-refractivity contribution in [3.8, 4) is 0 Å². The largest absolute Gasteiger partial charge is 0.399 e. The molecule has 2 aromatic rings. The Labute approximate surface area is 185 Å². The van der Waals surface area contributed by atoms with E-state index in [9.17, 15) is 4.79 Å². The maximum atomic E-state index is 12.3. The van der Waals surface area contributed by atoms with Gasteiger partial charge in [0.05, 0.1) is 0 Å². The molecule has 31 heavy (non-hydrogen) atoms. The number of nitrogens with zero attached hydrogens (tertiary/aromatic N) is 1. The molecule has 1 saturated carbocycles. The van der Waals surface area contributed by atoms with Gasteiger partial charge in [0.15, 0.2) is 0 Å². The van der Waals surface area contributed by atoms with Crippen LogP contribution in [0.15, 0.2) is 48.5 Å². The lowest BCUT2D eigenvalue weighted by atomic mass is 9.83. The van der Waals surface area contributed by atoms with Crippen LogP contribution >= 0.6 is 0 Å². The minimum absolute atomic E-state index is 0.198. The molecule has 164 valence electrons. The monoisotopic (exact) mass is 418 g/mol. The maximum absolute atomic E-state index is 12.3. The molecule has 5 nitrogen and oxygen atoms in total. The van der Waals surface area contributed by atoms with Crippen LogP contribution in [0.5, 0.6) is 0 Å². The third-order valence-corrected chi connectivity index (χ3v) is 6.58. The minimum atomic E-state index is 0.198. The van der Waals surface area contributed by atoms with Crippen LogP contribution in [0.4, 0.5) is 17.1 Å². The van der Waals surface area contributed by atoms with Crippen molar-refractivity contribution in [2.45, 2.75) is 45.6 Å². The number of hydrogen-bond acceptors (Lipinski definition) is 4. The first-order valence-corrected chi connectivity index (χ1v) is 11.4. The van der Waals surface area contributed by atoms with E-state index in [2.05, 4.69) is 41.4 Å². The van der Waals surface area contributed by atoms with Crippen molar-refractivity contribution in [1.29, 1.82) is 0 Å². The highest BCUT2D eigenvalue weighted by atomic mass is 16.2. The van der Waals surface area contributed by atoms with Crippen LogP contribution < -0.4 is 21.7 Å². The molecule has 0 bridgehead atoms. The van der Waals surface area contributed by atoms with Crippen molar-refractivity contribution in [3.63, 3.8) is 0 Å². The van der Waals surface area contributed by atoms with E-state index in [-0.39, 0.29) is 5.91 Å². The van der Waals surface area contributed by atoms with Gasteiger partial charge in [-0.15, -0.1) is 0 Å². The second-order valence-corrected chi connectivity index (χ2v) is 9.09. The number of nitrogens with one attached hydrogen (secondary N) is 1. The van der Waals surface area contributed by atoms with E-state index in [1.54, 1.807) is 31.2 Å². The molecule has 2 aliphatic heterocycles. The van der Waals surface area contributed by atoms with Crippen molar-refractivity contribution in [2.75, 3.05) is 29.5 Å². The van der Waals surface area contributed by atoms with Crippen molar-refractivity contribution >= 4 is 28.5 Å². The number of nitrogens with two attached hydrogens (primary N) is 2. The zero-order chi connectivity index (χ0) is 22.0. The Morgan fingerprint density at radius 2 is 1.74 bits per heavy atom. The summed E-state index contributed by atoms with van der Waals surface area (Å²) in [6.45, 7) is 6.06. The average Bonchev–Trinajstić information content (AvgIpc) is 3.60. The van der Waals surface area contributed by atoms with Crippen molar-refractivity contribution < 1.29 is 4.79 Å². The Bertz CT molecular complexity index is 941. The number of rotatable bonds is 2. The van der Waals surface area contributed by atoms with Crippen LogP contribution in [0, 0.1) is 11.8 Å². The fourth-order valence-corrected chi connectivity index (χ4v) is 4.94. The van der Waals surface area contributed by atoms with Gasteiger partial charge < -0.3 is 21.7 Å². The quantitative estimate of drug-likeness (QED) is 0.637. The molecule has 0 radical (unpaired) electrons. The molecule has 5 rings (SSSR count). The van der Waals surface area contributed by atoms with E-state index in [1.807, 2.05) is 0 Å². The predicted octanol–water partition coefficient (Wildman–Crippen LogP) is 4.24. The van der Waals surface area contributed by atoms with Crippen LogP contribution in [0.3, 0.4) is 0 Å². The summed E-state index contributed by atoms with van der Waals surface area (Å²) >= 11 is 0. The molecule has 0 spiro atoms. The first-order valence-electron chi connectivity index (χ1n) is 11.4. The van der Waals surface area contributed by atoms with Gasteiger partial charge in [0.2, 0.25) is 5.91 Å². The second kappa shape index (κ2) is 9.15. The zero-order valence-electron chi connectivity index (χ0n) is 18.6. The van der Waals surface area contributed by atoms with Crippen LogP contribution in [-0.4, -0.2) is 25.0 Å². The summed E-state index contributed by atoms with van der Waals surface area (Å²) < 4.78 is 0. The van der Waals surface area contributed by atoms with Crippen molar-refractivity contribution in [1.82, 2.24) is 5.32 Å². The normalized spacial score (nSPS) is 22.6. The third-order valence-electron chi connectivity index (χ3n) is 6.58. The average molecular weight is 419 g/mol. The standard InChI is InChI=1S/C20H26N2O.C6H8N2/c1-13-11-18-12-17(15-7-9-21-10-8-15)5-6-19(18)22(14(2)23)20(13)16-3-4-16;7-5-1-2-6(8)4-3-5/h5-7,12-13,16,20-21H,3-4,8-11H2,1-2H3;1-4H,7-8H2/t13-,20-;/m1./s1. The lowest BCUT2D eigenvalue weighted by Crippen LogP contribution is -2.48. The van der Waals surface area contributed by atoms with E-state index >= 15 is 0 Å². The van der Waals surface area contributed by atoms with Crippen molar-refractivity contribution in [2.24, 2.45) is 11.8 Å². The summed E-state index contributed by atoms with van der Waals surface area (Å²) in [6.07, 6.45) is 7.06. The lowest BCUT2D eigenvalue weighted by molar-refractivity contribution is -0.117. The molecular weight excluding hydrogens is 384 g/mol. The van der Waals surface area contributed by atoms with Gasteiger partial charge in [-0.1, -0.05) is 19.1 Å². The molecule has 5 heteroatoms. The van der Waals surface area contributed by atoms with Crippen LogP contribution in [-0.2, 0) is 11.2 Å². The number of nitrogen functional groups attached to an aromatic ring is 2. The number of carbonyl (C=O) groups excluding carboxylic acids is 1. The first kappa shape index (κ1) is 21.4. The molecule has 1 amide bonds. The van der Waals surface area contributed by atoms with E-state index in [0.717, 1.165) is 43.0 Å². The fraction of sp³-hybridized carbons (Fsp3) is 0.423. The van der Waals surface area contributed by atoms with E-state index in [0.29, 0.717) is 17.9 Å². The molecule has 2 heterocycles. The molecule has 2 aromatic carbocycles. The van der Waals surface area contributed by atoms with Gasteiger partial charge in [0.1, 0.15) is 0 Å².